The Morgan fingerprint density at radius 3 is 2.12 bits per heavy atom. The summed E-state index contributed by atoms with van der Waals surface area (Å²) < 4.78 is 5.36. The van der Waals surface area contributed by atoms with Crippen LogP contribution in [0.3, 0.4) is 0 Å². The number of hydrogen-bond donors (Lipinski definition) is 1. The SMILES string of the molecule is CC(C)(C)OC(=O)N1CCC(C(=O)N2CCCC(C(=O)O)C2)CC1. The van der Waals surface area contributed by atoms with E-state index in [0.717, 1.165) is 6.42 Å². The molecule has 7 nitrogen and oxygen atoms in total. The summed E-state index contributed by atoms with van der Waals surface area (Å²) in [6.07, 6.45) is 2.24. The number of carboxylic acid groups (broad SMARTS) is 1. The normalized spacial score (nSPS) is 23.0. The number of piperidine rings is 2. The average molecular weight is 340 g/mol. The number of ether oxygens (including phenoxy) is 1. The Morgan fingerprint density at radius 1 is 0.958 bits per heavy atom. The third kappa shape index (κ3) is 4.85. The van der Waals surface area contributed by atoms with Gasteiger partial charge in [-0.3, -0.25) is 9.59 Å². The molecule has 1 atom stereocenters. The second kappa shape index (κ2) is 7.40. The number of likely N-dealkylation sites (tertiary alicyclic amines) is 2. The Kier molecular flexibility index (Phi) is 5.72. The van der Waals surface area contributed by atoms with Crippen LogP contribution in [0.15, 0.2) is 0 Å². The summed E-state index contributed by atoms with van der Waals surface area (Å²) >= 11 is 0. The van der Waals surface area contributed by atoms with Crippen LogP contribution >= 0.6 is 0 Å². The molecule has 0 spiro atoms. The van der Waals surface area contributed by atoms with Crippen molar-refractivity contribution in [1.82, 2.24) is 9.80 Å². The summed E-state index contributed by atoms with van der Waals surface area (Å²) in [7, 11) is 0. The molecule has 136 valence electrons. The second-order valence-electron chi connectivity index (χ2n) is 7.70. The molecule has 0 aromatic carbocycles. The van der Waals surface area contributed by atoms with Gasteiger partial charge in [-0.2, -0.15) is 0 Å². The van der Waals surface area contributed by atoms with Crippen LogP contribution in [0.2, 0.25) is 0 Å². The summed E-state index contributed by atoms with van der Waals surface area (Å²) in [5.41, 5.74) is -0.524. The van der Waals surface area contributed by atoms with Crippen molar-refractivity contribution in [1.29, 1.82) is 0 Å². The fourth-order valence-electron chi connectivity index (χ4n) is 3.27. The van der Waals surface area contributed by atoms with E-state index in [9.17, 15) is 14.4 Å². The molecule has 2 amide bonds. The number of carbonyl (C=O) groups excluding carboxylic acids is 2. The Bertz CT molecular complexity index is 492. The van der Waals surface area contributed by atoms with Crippen LogP contribution < -0.4 is 0 Å². The number of aliphatic carboxylic acids is 1. The van der Waals surface area contributed by atoms with Gasteiger partial charge >= 0.3 is 12.1 Å². The molecule has 2 rings (SSSR count). The van der Waals surface area contributed by atoms with E-state index < -0.39 is 17.5 Å². The molecule has 0 bridgehead atoms. The van der Waals surface area contributed by atoms with Crippen molar-refractivity contribution in [2.24, 2.45) is 11.8 Å². The Balaban J connectivity index is 1.84. The molecule has 0 aliphatic carbocycles. The summed E-state index contributed by atoms with van der Waals surface area (Å²) in [4.78, 5) is 39.1. The largest absolute Gasteiger partial charge is 0.481 e. The van der Waals surface area contributed by atoms with Gasteiger partial charge in [0.1, 0.15) is 5.60 Å². The van der Waals surface area contributed by atoms with E-state index in [-0.39, 0.29) is 17.9 Å². The van der Waals surface area contributed by atoms with Gasteiger partial charge in [-0.25, -0.2) is 4.79 Å². The van der Waals surface area contributed by atoms with E-state index in [0.29, 0.717) is 45.4 Å². The zero-order chi connectivity index (χ0) is 17.9. The molecule has 0 saturated carbocycles. The Labute approximate surface area is 142 Å². The number of carboxylic acids is 1. The molecule has 2 fully saturated rings. The van der Waals surface area contributed by atoms with Crippen molar-refractivity contribution >= 4 is 18.0 Å². The smallest absolute Gasteiger partial charge is 0.410 e. The van der Waals surface area contributed by atoms with E-state index in [2.05, 4.69) is 0 Å². The zero-order valence-electron chi connectivity index (χ0n) is 14.8. The first-order valence-electron chi connectivity index (χ1n) is 8.67. The minimum absolute atomic E-state index is 0.0322. The van der Waals surface area contributed by atoms with Crippen LogP contribution in [0.25, 0.3) is 0 Å². The van der Waals surface area contributed by atoms with Crippen LogP contribution in [0.5, 0.6) is 0 Å². The lowest BCUT2D eigenvalue weighted by Crippen LogP contribution is -2.48. The van der Waals surface area contributed by atoms with E-state index in [4.69, 9.17) is 9.84 Å². The van der Waals surface area contributed by atoms with Crippen molar-refractivity contribution in [2.45, 2.75) is 52.1 Å². The van der Waals surface area contributed by atoms with Crippen LogP contribution in [0.1, 0.15) is 46.5 Å². The highest BCUT2D eigenvalue weighted by atomic mass is 16.6. The van der Waals surface area contributed by atoms with E-state index in [1.807, 2.05) is 20.8 Å². The van der Waals surface area contributed by atoms with Crippen LogP contribution in [0, 0.1) is 11.8 Å². The molecule has 24 heavy (non-hydrogen) atoms. The minimum atomic E-state index is -0.827. The third-order valence-corrected chi connectivity index (χ3v) is 4.58. The molecule has 2 aliphatic rings. The molecule has 1 unspecified atom stereocenters. The van der Waals surface area contributed by atoms with Gasteiger partial charge in [-0.15, -0.1) is 0 Å². The van der Waals surface area contributed by atoms with Gasteiger partial charge < -0.3 is 19.6 Å². The Morgan fingerprint density at radius 2 is 1.58 bits per heavy atom. The van der Waals surface area contributed by atoms with Crippen molar-refractivity contribution in [3.05, 3.63) is 0 Å². The maximum absolute atomic E-state index is 12.6. The third-order valence-electron chi connectivity index (χ3n) is 4.58. The molecule has 0 radical (unpaired) electrons. The highest BCUT2D eigenvalue weighted by molar-refractivity contribution is 5.80. The zero-order valence-corrected chi connectivity index (χ0v) is 14.8. The van der Waals surface area contributed by atoms with Gasteiger partial charge in [0.15, 0.2) is 0 Å². The van der Waals surface area contributed by atoms with Crippen molar-refractivity contribution in [2.75, 3.05) is 26.2 Å². The lowest BCUT2D eigenvalue weighted by molar-refractivity contribution is -0.147. The van der Waals surface area contributed by atoms with Crippen molar-refractivity contribution in [3.63, 3.8) is 0 Å². The Hall–Kier alpha value is -1.79. The van der Waals surface area contributed by atoms with Crippen LogP contribution in [0.4, 0.5) is 4.79 Å². The first-order valence-corrected chi connectivity index (χ1v) is 8.67. The minimum Gasteiger partial charge on any atom is -0.481 e. The molecule has 2 heterocycles. The molecular formula is C17H28N2O5. The summed E-state index contributed by atoms with van der Waals surface area (Å²) in [5, 5.41) is 9.14. The van der Waals surface area contributed by atoms with Gasteiger partial charge in [-0.1, -0.05) is 0 Å². The molecule has 2 aliphatic heterocycles. The highest BCUT2D eigenvalue weighted by Gasteiger charge is 2.35. The van der Waals surface area contributed by atoms with Gasteiger partial charge in [-0.05, 0) is 46.5 Å². The maximum atomic E-state index is 12.6. The van der Waals surface area contributed by atoms with E-state index in [1.165, 1.54) is 0 Å². The van der Waals surface area contributed by atoms with Gasteiger partial charge in [0.2, 0.25) is 5.91 Å². The quantitative estimate of drug-likeness (QED) is 0.830. The van der Waals surface area contributed by atoms with Crippen LogP contribution in [-0.4, -0.2) is 64.7 Å². The topological polar surface area (TPSA) is 87.2 Å². The second-order valence-corrected chi connectivity index (χ2v) is 7.70. The number of hydrogen-bond acceptors (Lipinski definition) is 4. The summed E-state index contributed by atoms with van der Waals surface area (Å²) in [6.45, 7) is 7.43. The fourth-order valence-corrected chi connectivity index (χ4v) is 3.27. The predicted octanol–water partition coefficient (Wildman–Crippen LogP) is 1.96. The average Bonchev–Trinajstić information content (AvgIpc) is 2.53. The summed E-state index contributed by atoms with van der Waals surface area (Å²) in [6, 6.07) is 0. The molecule has 0 aromatic rings. The number of nitrogens with zero attached hydrogens (tertiary/aromatic N) is 2. The van der Waals surface area contributed by atoms with Crippen molar-refractivity contribution in [3.8, 4) is 0 Å². The van der Waals surface area contributed by atoms with E-state index in [1.54, 1.807) is 9.80 Å². The fraction of sp³-hybridized carbons (Fsp3) is 0.824. The maximum Gasteiger partial charge on any atom is 0.410 e. The number of rotatable bonds is 2. The predicted molar refractivity (Wildman–Crippen MR) is 87.5 cm³/mol. The molecule has 2 saturated heterocycles. The highest BCUT2D eigenvalue weighted by Crippen LogP contribution is 2.24. The molecule has 7 heteroatoms. The lowest BCUT2D eigenvalue weighted by Gasteiger charge is -2.37. The first kappa shape index (κ1) is 18.5. The van der Waals surface area contributed by atoms with E-state index >= 15 is 0 Å². The van der Waals surface area contributed by atoms with Gasteiger partial charge in [0.05, 0.1) is 5.92 Å². The van der Waals surface area contributed by atoms with Gasteiger partial charge in [0, 0.05) is 32.1 Å². The standard InChI is InChI=1S/C17H28N2O5/c1-17(2,3)24-16(23)18-9-6-12(7-10-18)14(20)19-8-4-5-13(11-19)15(21)22/h12-13H,4-11H2,1-3H3,(H,21,22). The van der Waals surface area contributed by atoms with Crippen LogP contribution in [-0.2, 0) is 14.3 Å². The summed E-state index contributed by atoms with van der Waals surface area (Å²) in [5.74, 6) is -1.38. The first-order chi connectivity index (χ1) is 11.2. The number of amides is 2. The monoisotopic (exact) mass is 340 g/mol. The molecule has 0 aromatic heterocycles. The number of carbonyl (C=O) groups is 3. The van der Waals surface area contributed by atoms with Gasteiger partial charge in [0.25, 0.3) is 0 Å². The van der Waals surface area contributed by atoms with Crippen molar-refractivity contribution < 1.29 is 24.2 Å². The molecular weight excluding hydrogens is 312 g/mol. The lowest BCUT2D eigenvalue weighted by atomic mass is 9.92. The molecule has 1 N–H and O–H groups in total.